The molecule has 0 aliphatic carbocycles. The average Bonchev–Trinajstić information content (AvgIpc) is 3.27. The predicted octanol–water partition coefficient (Wildman–Crippen LogP) is 0.467. The number of ether oxygens (including phenoxy) is 1. The zero-order valence-electron chi connectivity index (χ0n) is 16.2. The van der Waals surface area contributed by atoms with Crippen LogP contribution in [-0.2, 0) is 0 Å². The molecule has 2 aromatic rings. The van der Waals surface area contributed by atoms with Gasteiger partial charge >= 0.3 is 0 Å². The third-order valence-corrected chi connectivity index (χ3v) is 4.68. The predicted molar refractivity (Wildman–Crippen MR) is 107 cm³/mol. The minimum absolute atomic E-state index is 0.0559. The number of hydrogen-bond donors (Lipinski definition) is 5. The Bertz CT molecular complexity index is 792. The first-order valence-corrected chi connectivity index (χ1v) is 9.53. The molecule has 0 saturated carbocycles. The van der Waals surface area contributed by atoms with Crippen molar-refractivity contribution >= 4 is 17.3 Å². The van der Waals surface area contributed by atoms with Crippen LogP contribution in [0.3, 0.4) is 0 Å². The van der Waals surface area contributed by atoms with Crippen molar-refractivity contribution in [3.8, 4) is 5.75 Å². The largest absolute Gasteiger partial charge is 0.629 e. The van der Waals surface area contributed by atoms with E-state index in [9.17, 15) is 15.4 Å². The van der Waals surface area contributed by atoms with Gasteiger partial charge in [0.25, 0.3) is 0 Å². The van der Waals surface area contributed by atoms with Gasteiger partial charge in [0.05, 0.1) is 17.4 Å². The van der Waals surface area contributed by atoms with Crippen LogP contribution in [0.25, 0.3) is 11.6 Å². The molecule has 1 aromatic carbocycles. The van der Waals surface area contributed by atoms with Gasteiger partial charge in [0.2, 0.25) is 0 Å². The summed E-state index contributed by atoms with van der Waals surface area (Å²) in [6.45, 7) is 4.48. The van der Waals surface area contributed by atoms with Crippen molar-refractivity contribution < 1.29 is 20.0 Å². The normalized spacial score (nSPS) is 20.8. The summed E-state index contributed by atoms with van der Waals surface area (Å²) in [5.74, 6) is 0.588. The number of fused-ring (bicyclic) bond motifs is 1. The van der Waals surface area contributed by atoms with Crippen molar-refractivity contribution in [2.45, 2.75) is 38.5 Å². The first-order valence-electron chi connectivity index (χ1n) is 9.53. The van der Waals surface area contributed by atoms with Gasteiger partial charge in [0, 0.05) is 30.4 Å². The lowest BCUT2D eigenvalue weighted by atomic mass is 10.1. The van der Waals surface area contributed by atoms with Crippen LogP contribution < -0.4 is 15.1 Å². The van der Waals surface area contributed by atoms with Crippen molar-refractivity contribution in [2.75, 3.05) is 19.7 Å². The van der Waals surface area contributed by atoms with Gasteiger partial charge in [-0.15, -0.1) is 0 Å². The lowest BCUT2D eigenvalue weighted by molar-refractivity contribution is -0.762. The van der Waals surface area contributed by atoms with E-state index < -0.39 is 6.10 Å². The van der Waals surface area contributed by atoms with E-state index in [0.717, 1.165) is 16.8 Å². The van der Waals surface area contributed by atoms with Gasteiger partial charge in [-0.25, -0.2) is 0 Å². The molecule has 2 heterocycles. The number of rotatable bonds is 9. The Balaban J connectivity index is 1.66. The molecule has 0 fully saturated rings. The van der Waals surface area contributed by atoms with E-state index in [2.05, 4.69) is 15.5 Å². The highest BCUT2D eigenvalue weighted by atomic mass is 16.5. The molecule has 8 heteroatoms. The number of benzene rings is 1. The second-order valence-electron chi connectivity index (χ2n) is 7.32. The van der Waals surface area contributed by atoms with Crippen LogP contribution in [0.2, 0.25) is 0 Å². The fourth-order valence-electron chi connectivity index (χ4n) is 3.41. The Morgan fingerprint density at radius 3 is 2.89 bits per heavy atom. The number of H-pyrrole nitrogens is 1. The maximum Gasteiger partial charge on any atom is 0.143 e. The number of hydrogen-bond acceptors (Lipinski definition) is 6. The molecule has 4 atom stereocenters. The quantitative estimate of drug-likeness (QED) is 0.399. The Morgan fingerprint density at radius 1 is 1.36 bits per heavy atom. The number of aromatic nitrogens is 2. The summed E-state index contributed by atoms with van der Waals surface area (Å²) in [6, 6.07) is 7.34. The maximum absolute atomic E-state index is 12.4. The van der Waals surface area contributed by atoms with Gasteiger partial charge in [0.15, 0.2) is 0 Å². The monoisotopic (exact) mass is 388 g/mol. The molecule has 0 saturated heterocycles. The molecule has 4 unspecified atom stereocenters. The van der Waals surface area contributed by atoms with Gasteiger partial charge in [-0.05, 0) is 38.5 Å². The number of hydroxylamine groups is 1. The highest BCUT2D eigenvalue weighted by Gasteiger charge is 2.28. The molecule has 28 heavy (non-hydrogen) atoms. The minimum atomic E-state index is -0.704. The minimum Gasteiger partial charge on any atom is -0.629 e. The highest BCUT2D eigenvalue weighted by molar-refractivity contribution is 5.89. The fourth-order valence-corrected chi connectivity index (χ4v) is 3.41. The van der Waals surface area contributed by atoms with E-state index in [1.165, 1.54) is 0 Å². The van der Waals surface area contributed by atoms with E-state index in [1.54, 1.807) is 25.3 Å². The zero-order valence-corrected chi connectivity index (χ0v) is 16.2. The molecule has 0 radical (unpaired) electrons. The lowest BCUT2D eigenvalue weighted by Gasteiger charge is -2.19. The topological polar surface area (TPSA) is 118 Å². The molecule has 5 N–H and O–H groups in total. The van der Waals surface area contributed by atoms with Gasteiger partial charge in [-0.2, -0.15) is 5.10 Å². The summed E-state index contributed by atoms with van der Waals surface area (Å²) >= 11 is 0. The molecular formula is C20H28N4O4. The second kappa shape index (κ2) is 9.31. The van der Waals surface area contributed by atoms with Crippen molar-refractivity contribution in [3.63, 3.8) is 0 Å². The third kappa shape index (κ3) is 5.18. The molecule has 1 aliphatic rings. The van der Waals surface area contributed by atoms with Crippen molar-refractivity contribution in [1.82, 2.24) is 15.5 Å². The molecule has 0 bridgehead atoms. The van der Waals surface area contributed by atoms with E-state index in [0.29, 0.717) is 30.9 Å². The number of nitrogens with zero attached hydrogens (tertiary/aromatic N) is 1. The molecule has 3 rings (SSSR count). The van der Waals surface area contributed by atoms with Gasteiger partial charge in [-0.1, -0.05) is 6.07 Å². The number of quaternary nitrogens is 1. The Labute approximate surface area is 164 Å². The second-order valence-corrected chi connectivity index (χ2v) is 7.32. The summed E-state index contributed by atoms with van der Waals surface area (Å²) in [5, 5.41) is 42.0. The standard InChI is InChI=1S/C20H28N4O4/c1-13(8-14(2)25)21-10-17(26)12-28-19-5-3-4-18-20(19)15(11-24(18)27)9-16-6-7-22-23-16/h3-7,9,13-14,17,21,24-26H,8,10-12H2,1-2H3,(H,22,23). The maximum atomic E-state index is 12.4. The number of aliphatic hydroxyl groups excluding tert-OH is 2. The van der Waals surface area contributed by atoms with Crippen LogP contribution >= 0.6 is 0 Å². The smallest absolute Gasteiger partial charge is 0.143 e. The van der Waals surface area contributed by atoms with Crippen LogP contribution in [0.1, 0.15) is 31.5 Å². The summed E-state index contributed by atoms with van der Waals surface area (Å²) in [6.07, 6.45) is 3.09. The average molecular weight is 388 g/mol. The fraction of sp³-hybridized carbons (Fsp3) is 0.450. The van der Waals surface area contributed by atoms with E-state index >= 15 is 0 Å². The SMILES string of the molecule is CC(O)CC(C)NCC(O)COc1cccc2c1C(=Cc1ccn[nH]1)C[NH+]2[O-]. The summed E-state index contributed by atoms with van der Waals surface area (Å²) in [5.41, 5.74) is 3.12. The first kappa shape index (κ1) is 20.5. The van der Waals surface area contributed by atoms with Gasteiger partial charge in [0.1, 0.15) is 30.7 Å². The summed E-state index contributed by atoms with van der Waals surface area (Å²) in [4.78, 5) is 0. The third-order valence-electron chi connectivity index (χ3n) is 4.68. The Kier molecular flexibility index (Phi) is 6.82. The van der Waals surface area contributed by atoms with Crippen LogP contribution in [-0.4, -0.2) is 58.4 Å². The lowest BCUT2D eigenvalue weighted by Crippen LogP contribution is -3.00. The first-order chi connectivity index (χ1) is 13.4. The van der Waals surface area contributed by atoms with Crippen LogP contribution in [0.4, 0.5) is 5.69 Å². The molecule has 1 aromatic heterocycles. The van der Waals surface area contributed by atoms with Gasteiger partial charge < -0.3 is 30.5 Å². The van der Waals surface area contributed by atoms with Crippen molar-refractivity contribution in [2.24, 2.45) is 0 Å². The number of nitrogens with one attached hydrogen (secondary N) is 3. The molecule has 0 amide bonds. The van der Waals surface area contributed by atoms with Crippen LogP contribution in [0.5, 0.6) is 5.75 Å². The van der Waals surface area contributed by atoms with E-state index in [-0.39, 0.29) is 23.8 Å². The Hall–Kier alpha value is -2.23. The van der Waals surface area contributed by atoms with Crippen molar-refractivity contribution in [1.29, 1.82) is 0 Å². The van der Waals surface area contributed by atoms with Crippen molar-refractivity contribution in [3.05, 3.63) is 46.9 Å². The van der Waals surface area contributed by atoms with Gasteiger partial charge in [-0.3, -0.25) is 5.10 Å². The van der Waals surface area contributed by atoms with Crippen LogP contribution in [0.15, 0.2) is 30.5 Å². The molecule has 152 valence electrons. The van der Waals surface area contributed by atoms with E-state index in [4.69, 9.17) is 4.74 Å². The number of aromatic amines is 1. The Morgan fingerprint density at radius 2 is 2.18 bits per heavy atom. The van der Waals surface area contributed by atoms with Crippen LogP contribution in [0, 0.1) is 5.21 Å². The van der Waals surface area contributed by atoms with E-state index in [1.807, 2.05) is 25.1 Å². The molecule has 1 aliphatic heterocycles. The zero-order chi connectivity index (χ0) is 20.1. The molecular weight excluding hydrogens is 360 g/mol. The molecule has 8 nitrogen and oxygen atoms in total. The molecule has 0 spiro atoms. The highest BCUT2D eigenvalue weighted by Crippen LogP contribution is 2.35. The number of aliphatic hydroxyl groups is 2. The summed E-state index contributed by atoms with van der Waals surface area (Å²) < 4.78 is 5.86. The summed E-state index contributed by atoms with van der Waals surface area (Å²) in [7, 11) is 0.